The highest BCUT2D eigenvalue weighted by Gasteiger charge is 2.36. The Bertz CT molecular complexity index is 3450. The van der Waals surface area contributed by atoms with Gasteiger partial charge >= 0.3 is 0 Å². The van der Waals surface area contributed by atoms with E-state index in [1.807, 2.05) is 12.1 Å². The van der Waals surface area contributed by atoms with Crippen LogP contribution in [-0.2, 0) is 5.41 Å². The van der Waals surface area contributed by atoms with E-state index < -0.39 is 0 Å². The molecule has 0 unspecified atom stereocenters. The topological polar surface area (TPSA) is 29.5 Å². The van der Waals surface area contributed by atoms with Gasteiger partial charge in [0.15, 0.2) is 0 Å². The van der Waals surface area contributed by atoms with Gasteiger partial charge in [0.25, 0.3) is 0 Å². The van der Waals surface area contributed by atoms with E-state index in [0.29, 0.717) is 0 Å². The van der Waals surface area contributed by atoms with Crippen LogP contribution in [0.3, 0.4) is 0 Å². The lowest BCUT2D eigenvalue weighted by Crippen LogP contribution is -2.16. The number of furan rings is 2. The van der Waals surface area contributed by atoms with E-state index in [9.17, 15) is 0 Å². The fourth-order valence-electron chi connectivity index (χ4n) is 9.77. The molecule has 0 N–H and O–H groups in total. The summed E-state index contributed by atoms with van der Waals surface area (Å²) in [5.74, 6) is 0. The lowest BCUT2D eigenvalue weighted by Gasteiger charge is -2.30. The van der Waals surface area contributed by atoms with Crippen molar-refractivity contribution in [2.24, 2.45) is 0 Å². The van der Waals surface area contributed by atoms with Gasteiger partial charge in [0.2, 0.25) is 0 Å². The fourth-order valence-corrected chi connectivity index (χ4v) is 9.77. The van der Waals surface area contributed by atoms with Crippen LogP contribution in [0.2, 0.25) is 0 Å². The molecule has 3 nitrogen and oxygen atoms in total. The van der Waals surface area contributed by atoms with Crippen molar-refractivity contribution in [2.75, 3.05) is 4.90 Å². The van der Waals surface area contributed by atoms with Crippen molar-refractivity contribution < 1.29 is 8.83 Å². The molecule has 2 aromatic heterocycles. The molecule has 3 heteroatoms. The molecule has 0 amide bonds. The highest BCUT2D eigenvalue weighted by Crippen LogP contribution is 2.52. The zero-order valence-corrected chi connectivity index (χ0v) is 33.3. The summed E-state index contributed by atoms with van der Waals surface area (Å²) >= 11 is 0. The molecule has 0 radical (unpaired) electrons. The van der Waals surface area contributed by atoms with Gasteiger partial charge in [0.05, 0.1) is 5.69 Å². The Morgan fingerprint density at radius 2 is 0.983 bits per heavy atom. The zero-order chi connectivity index (χ0) is 40.0. The number of benzene rings is 9. The summed E-state index contributed by atoms with van der Waals surface area (Å²) in [4.78, 5) is 2.42. The van der Waals surface area contributed by atoms with Crippen molar-refractivity contribution in [3.05, 3.63) is 211 Å². The Hall–Kier alpha value is -7.62. The second kappa shape index (κ2) is 13.2. The second-order valence-corrected chi connectivity index (χ2v) is 16.4. The predicted octanol–water partition coefficient (Wildman–Crippen LogP) is 16.3. The van der Waals surface area contributed by atoms with Gasteiger partial charge in [-0.1, -0.05) is 166 Å². The molecular formula is C57H39NO2. The van der Waals surface area contributed by atoms with Crippen LogP contribution in [0, 0.1) is 0 Å². The molecule has 284 valence electrons. The zero-order valence-electron chi connectivity index (χ0n) is 33.3. The van der Waals surface area contributed by atoms with Gasteiger partial charge in [0, 0.05) is 49.5 Å². The number of para-hydroxylation sites is 2. The van der Waals surface area contributed by atoms with Gasteiger partial charge in [-0.3, -0.25) is 0 Å². The maximum atomic E-state index is 6.98. The van der Waals surface area contributed by atoms with Crippen molar-refractivity contribution in [3.8, 4) is 44.5 Å². The summed E-state index contributed by atoms with van der Waals surface area (Å²) in [5.41, 5.74) is 18.6. The second-order valence-electron chi connectivity index (χ2n) is 16.4. The van der Waals surface area contributed by atoms with Crippen LogP contribution in [0.25, 0.3) is 88.4 Å². The third-order valence-electron chi connectivity index (χ3n) is 12.7. The molecule has 0 fully saturated rings. The third-order valence-corrected chi connectivity index (χ3v) is 12.7. The Morgan fingerprint density at radius 1 is 0.383 bits per heavy atom. The average molecular weight is 770 g/mol. The van der Waals surface area contributed by atoms with E-state index in [0.717, 1.165) is 83.2 Å². The number of hydrogen-bond acceptors (Lipinski definition) is 3. The molecule has 0 saturated heterocycles. The molecule has 0 aliphatic heterocycles. The maximum absolute atomic E-state index is 6.98. The Labute approximate surface area is 348 Å². The molecule has 0 spiro atoms. The molecule has 0 saturated carbocycles. The Kier molecular flexibility index (Phi) is 7.58. The summed E-state index contributed by atoms with van der Waals surface area (Å²) in [6.07, 6.45) is 0. The first kappa shape index (κ1) is 34.4. The van der Waals surface area contributed by atoms with E-state index in [-0.39, 0.29) is 5.41 Å². The summed E-state index contributed by atoms with van der Waals surface area (Å²) in [6, 6.07) is 71.8. The smallest absolute Gasteiger partial charge is 0.144 e. The van der Waals surface area contributed by atoms with Crippen LogP contribution in [-0.4, -0.2) is 0 Å². The largest absolute Gasteiger partial charge is 0.456 e. The van der Waals surface area contributed by atoms with E-state index in [1.165, 1.54) is 33.4 Å². The lowest BCUT2D eigenvalue weighted by molar-refractivity contribution is 0.660. The van der Waals surface area contributed by atoms with E-state index in [4.69, 9.17) is 8.83 Å². The van der Waals surface area contributed by atoms with Gasteiger partial charge in [-0.2, -0.15) is 0 Å². The number of nitrogens with zero attached hydrogens (tertiary/aromatic N) is 1. The molecule has 11 aromatic rings. The molecular weight excluding hydrogens is 731 g/mol. The van der Waals surface area contributed by atoms with Gasteiger partial charge in [-0.25, -0.2) is 0 Å². The monoisotopic (exact) mass is 769 g/mol. The lowest BCUT2D eigenvalue weighted by atomic mass is 9.82. The molecule has 1 aliphatic carbocycles. The minimum atomic E-state index is -0.148. The first-order valence-corrected chi connectivity index (χ1v) is 20.7. The highest BCUT2D eigenvalue weighted by molar-refractivity contribution is 6.23. The minimum Gasteiger partial charge on any atom is -0.456 e. The van der Waals surface area contributed by atoms with E-state index in [1.54, 1.807) is 0 Å². The van der Waals surface area contributed by atoms with Crippen LogP contribution >= 0.6 is 0 Å². The third kappa shape index (κ3) is 5.22. The molecule has 9 aromatic carbocycles. The number of rotatable bonds is 6. The van der Waals surface area contributed by atoms with Gasteiger partial charge in [-0.05, 0) is 93.0 Å². The highest BCUT2D eigenvalue weighted by atomic mass is 16.3. The summed E-state index contributed by atoms with van der Waals surface area (Å²) < 4.78 is 13.6. The van der Waals surface area contributed by atoms with E-state index >= 15 is 0 Å². The minimum absolute atomic E-state index is 0.148. The molecule has 1 aliphatic rings. The molecule has 12 rings (SSSR count). The standard InChI is InChI=1S/C57H39NO2/c1-57(2)48-22-12-9-20-43(48)44-31-29-41(34-49(44)57)58(50-23-13-10-19-42(50)38-17-7-4-8-18-38)40-30-32-52-46(33-40)47-35-53-55(45-21-11-14-24-51(45)59-53)54(56(47)60-52)39-27-25-37(26-28-39)36-15-5-3-6-16-36/h3-35H,1-2H3. The van der Waals surface area contributed by atoms with Gasteiger partial charge < -0.3 is 13.7 Å². The van der Waals surface area contributed by atoms with Crippen molar-refractivity contribution in [1.29, 1.82) is 0 Å². The van der Waals surface area contributed by atoms with Crippen LogP contribution in [0.5, 0.6) is 0 Å². The number of anilines is 3. The first-order chi connectivity index (χ1) is 29.5. The van der Waals surface area contributed by atoms with Crippen LogP contribution in [0.1, 0.15) is 25.0 Å². The predicted molar refractivity (Wildman–Crippen MR) is 250 cm³/mol. The van der Waals surface area contributed by atoms with Crippen molar-refractivity contribution in [1.82, 2.24) is 0 Å². The average Bonchev–Trinajstić information content (AvgIpc) is 3.93. The Morgan fingerprint density at radius 3 is 1.80 bits per heavy atom. The molecule has 60 heavy (non-hydrogen) atoms. The van der Waals surface area contributed by atoms with E-state index in [2.05, 4.69) is 207 Å². The maximum Gasteiger partial charge on any atom is 0.144 e. The van der Waals surface area contributed by atoms with Crippen molar-refractivity contribution in [2.45, 2.75) is 19.3 Å². The Balaban J connectivity index is 1.10. The molecule has 2 heterocycles. The SMILES string of the molecule is CC1(C)c2ccccc2-c2ccc(N(c3ccc4oc5c(-c6ccc(-c7ccccc7)cc6)c6c(cc5c4c3)oc3ccccc36)c3ccccc3-c3ccccc3)cc21. The van der Waals surface area contributed by atoms with Gasteiger partial charge in [-0.15, -0.1) is 0 Å². The van der Waals surface area contributed by atoms with Crippen LogP contribution < -0.4 is 4.90 Å². The summed E-state index contributed by atoms with van der Waals surface area (Å²) in [7, 11) is 0. The van der Waals surface area contributed by atoms with Crippen LogP contribution in [0.4, 0.5) is 17.1 Å². The number of fused-ring (bicyclic) bond motifs is 9. The summed E-state index contributed by atoms with van der Waals surface area (Å²) in [6.45, 7) is 4.69. The molecule has 0 atom stereocenters. The van der Waals surface area contributed by atoms with Crippen molar-refractivity contribution in [3.63, 3.8) is 0 Å². The van der Waals surface area contributed by atoms with Gasteiger partial charge in [0.1, 0.15) is 22.3 Å². The quantitative estimate of drug-likeness (QED) is 0.169. The summed E-state index contributed by atoms with van der Waals surface area (Å²) in [5, 5.41) is 4.18. The molecule has 0 bridgehead atoms. The fraction of sp³-hybridized carbons (Fsp3) is 0.0526. The van der Waals surface area contributed by atoms with Crippen LogP contribution in [0.15, 0.2) is 209 Å². The van der Waals surface area contributed by atoms with Crippen molar-refractivity contribution >= 4 is 60.9 Å². The first-order valence-electron chi connectivity index (χ1n) is 20.7. The normalized spacial score (nSPS) is 13.0. The number of hydrogen-bond donors (Lipinski definition) is 0.